The van der Waals surface area contributed by atoms with Crippen molar-refractivity contribution in [1.82, 2.24) is 10.7 Å². The monoisotopic (exact) mass is 333 g/mol. The summed E-state index contributed by atoms with van der Waals surface area (Å²) in [5.74, 6) is -0.901. The number of rotatable bonds is 9. The lowest BCUT2D eigenvalue weighted by Crippen LogP contribution is -2.29. The van der Waals surface area contributed by atoms with Gasteiger partial charge in [0.2, 0.25) is 11.8 Å². The van der Waals surface area contributed by atoms with Gasteiger partial charge in [-0.25, -0.2) is 10.2 Å². The Balaban J connectivity index is 2.39. The van der Waals surface area contributed by atoms with Gasteiger partial charge >= 0.3 is 5.97 Å². The number of hydrazone groups is 1. The molecule has 24 heavy (non-hydrogen) atoms. The summed E-state index contributed by atoms with van der Waals surface area (Å²) >= 11 is 0. The molecule has 0 atom stereocenters. The van der Waals surface area contributed by atoms with E-state index in [0.717, 1.165) is 0 Å². The van der Waals surface area contributed by atoms with Crippen molar-refractivity contribution in [3.05, 3.63) is 42.5 Å². The fourth-order valence-electron chi connectivity index (χ4n) is 1.46. The minimum atomic E-state index is -0.522. The normalized spacial score (nSPS) is 10.0. The standard InChI is InChI=1S/C16H19N3O5/c1-3-8-17-14(20)9-15(21)19-18-10-12-4-6-13(7-5-12)24-11-16(22)23-2/h3-7,10H,1,8-9,11H2,2H3,(H,17,20)(H,19,21)/b18-10+. The molecule has 8 nitrogen and oxygen atoms in total. The highest BCUT2D eigenvalue weighted by molar-refractivity contribution is 5.97. The van der Waals surface area contributed by atoms with Crippen LogP contribution in [0.4, 0.5) is 0 Å². The van der Waals surface area contributed by atoms with Crippen LogP contribution >= 0.6 is 0 Å². The average Bonchev–Trinajstić information content (AvgIpc) is 2.58. The molecular formula is C16H19N3O5. The first kappa shape index (κ1) is 18.9. The van der Waals surface area contributed by atoms with Gasteiger partial charge in [-0.2, -0.15) is 5.10 Å². The molecule has 0 aliphatic rings. The van der Waals surface area contributed by atoms with Crippen LogP contribution in [-0.4, -0.2) is 44.3 Å². The van der Waals surface area contributed by atoms with Crippen LogP contribution in [-0.2, 0) is 19.1 Å². The number of hydrogen-bond donors (Lipinski definition) is 2. The number of amides is 2. The third kappa shape index (κ3) is 7.74. The molecule has 1 aromatic rings. The maximum atomic E-state index is 11.5. The predicted octanol–water partition coefficient (Wildman–Crippen LogP) is 0.381. The first-order valence-corrected chi connectivity index (χ1v) is 7.04. The molecule has 0 unspecified atom stereocenters. The number of nitrogens with zero attached hydrogens (tertiary/aromatic N) is 1. The third-order valence-electron chi connectivity index (χ3n) is 2.63. The molecule has 1 aromatic carbocycles. The van der Waals surface area contributed by atoms with Gasteiger partial charge in [0, 0.05) is 6.54 Å². The predicted molar refractivity (Wildman–Crippen MR) is 87.5 cm³/mol. The van der Waals surface area contributed by atoms with Crippen molar-refractivity contribution >= 4 is 24.0 Å². The summed E-state index contributed by atoms with van der Waals surface area (Å²) in [7, 11) is 1.28. The molecule has 2 N–H and O–H groups in total. The second-order valence-electron chi connectivity index (χ2n) is 4.50. The molecule has 0 aliphatic carbocycles. The van der Waals surface area contributed by atoms with Crippen molar-refractivity contribution in [1.29, 1.82) is 0 Å². The van der Waals surface area contributed by atoms with Crippen molar-refractivity contribution < 1.29 is 23.9 Å². The molecule has 0 fully saturated rings. The molecule has 0 aromatic heterocycles. The molecule has 0 saturated heterocycles. The van der Waals surface area contributed by atoms with Crippen molar-refractivity contribution in [2.24, 2.45) is 5.10 Å². The summed E-state index contributed by atoms with van der Waals surface area (Å²) in [5, 5.41) is 6.24. The maximum absolute atomic E-state index is 11.5. The van der Waals surface area contributed by atoms with Crippen molar-refractivity contribution in [2.45, 2.75) is 6.42 Å². The molecule has 0 bridgehead atoms. The Hall–Kier alpha value is -3.16. The molecule has 1 rings (SSSR count). The lowest BCUT2D eigenvalue weighted by molar-refractivity contribution is -0.143. The van der Waals surface area contributed by atoms with Gasteiger partial charge in [-0.3, -0.25) is 9.59 Å². The van der Waals surface area contributed by atoms with Gasteiger partial charge in [-0.15, -0.1) is 6.58 Å². The number of hydrogen-bond acceptors (Lipinski definition) is 6. The highest BCUT2D eigenvalue weighted by Gasteiger charge is 2.07. The van der Waals surface area contributed by atoms with E-state index in [-0.39, 0.29) is 13.0 Å². The Morgan fingerprint density at radius 1 is 1.21 bits per heavy atom. The van der Waals surface area contributed by atoms with Crippen LogP contribution in [0.2, 0.25) is 0 Å². The van der Waals surface area contributed by atoms with Gasteiger partial charge in [0.1, 0.15) is 12.2 Å². The highest BCUT2D eigenvalue weighted by atomic mass is 16.6. The van der Waals surface area contributed by atoms with Crippen molar-refractivity contribution in [3.63, 3.8) is 0 Å². The van der Waals surface area contributed by atoms with E-state index in [1.165, 1.54) is 19.4 Å². The number of carbonyl (C=O) groups is 3. The molecule has 0 saturated carbocycles. The Bertz CT molecular complexity index is 611. The second-order valence-corrected chi connectivity index (χ2v) is 4.50. The number of ether oxygens (including phenoxy) is 2. The topological polar surface area (TPSA) is 106 Å². The quantitative estimate of drug-likeness (QED) is 0.223. The van der Waals surface area contributed by atoms with E-state index in [4.69, 9.17) is 4.74 Å². The summed E-state index contributed by atoms with van der Waals surface area (Å²) in [5.41, 5.74) is 2.96. The number of nitrogens with one attached hydrogen (secondary N) is 2. The highest BCUT2D eigenvalue weighted by Crippen LogP contribution is 2.10. The molecular weight excluding hydrogens is 314 g/mol. The van der Waals surface area contributed by atoms with Gasteiger partial charge in [0.15, 0.2) is 6.61 Å². The number of methoxy groups -OCH3 is 1. The molecule has 0 heterocycles. The van der Waals surface area contributed by atoms with Gasteiger partial charge in [0.25, 0.3) is 0 Å². The lowest BCUT2D eigenvalue weighted by Gasteiger charge is -2.04. The smallest absolute Gasteiger partial charge is 0.343 e. The second kappa shape index (κ2) is 10.5. The van der Waals surface area contributed by atoms with E-state index in [1.54, 1.807) is 24.3 Å². The number of benzene rings is 1. The Labute approximate surface area is 139 Å². The zero-order chi connectivity index (χ0) is 17.8. The largest absolute Gasteiger partial charge is 0.482 e. The SMILES string of the molecule is C=CCNC(=O)CC(=O)N/N=C/c1ccc(OCC(=O)OC)cc1. The van der Waals surface area contributed by atoms with E-state index in [0.29, 0.717) is 17.9 Å². The Kier molecular flexibility index (Phi) is 8.30. The fraction of sp³-hybridized carbons (Fsp3) is 0.250. The van der Waals surface area contributed by atoms with E-state index >= 15 is 0 Å². The van der Waals surface area contributed by atoms with Crippen LogP contribution in [0.1, 0.15) is 12.0 Å². The number of esters is 1. The summed E-state index contributed by atoms with van der Waals surface area (Å²) in [4.78, 5) is 33.7. The van der Waals surface area contributed by atoms with Gasteiger partial charge < -0.3 is 14.8 Å². The number of carbonyl (C=O) groups excluding carboxylic acids is 3. The summed E-state index contributed by atoms with van der Waals surface area (Å²) in [6.45, 7) is 3.59. The van der Waals surface area contributed by atoms with Gasteiger partial charge in [0.05, 0.1) is 13.3 Å². The van der Waals surface area contributed by atoms with Crippen LogP contribution in [0.25, 0.3) is 0 Å². The van der Waals surface area contributed by atoms with Crippen LogP contribution in [0.15, 0.2) is 42.0 Å². The van der Waals surface area contributed by atoms with Crippen LogP contribution in [0.5, 0.6) is 5.75 Å². The van der Waals surface area contributed by atoms with Gasteiger partial charge in [-0.1, -0.05) is 6.08 Å². The van der Waals surface area contributed by atoms with Gasteiger partial charge in [-0.05, 0) is 29.8 Å². The average molecular weight is 333 g/mol. The Morgan fingerprint density at radius 3 is 2.54 bits per heavy atom. The van der Waals surface area contributed by atoms with Crippen LogP contribution in [0.3, 0.4) is 0 Å². The van der Waals surface area contributed by atoms with E-state index in [9.17, 15) is 14.4 Å². The van der Waals surface area contributed by atoms with E-state index in [2.05, 4.69) is 27.2 Å². The minimum Gasteiger partial charge on any atom is -0.482 e. The first-order valence-electron chi connectivity index (χ1n) is 7.04. The van der Waals surface area contributed by atoms with Crippen LogP contribution in [0, 0.1) is 0 Å². The van der Waals surface area contributed by atoms with Crippen molar-refractivity contribution in [3.8, 4) is 5.75 Å². The molecule has 8 heteroatoms. The first-order chi connectivity index (χ1) is 11.5. The zero-order valence-corrected chi connectivity index (χ0v) is 13.3. The molecule has 0 aliphatic heterocycles. The summed E-state index contributed by atoms with van der Waals surface area (Å²) in [6.07, 6.45) is 2.63. The van der Waals surface area contributed by atoms with E-state index < -0.39 is 17.8 Å². The fourth-order valence-corrected chi connectivity index (χ4v) is 1.46. The molecule has 0 spiro atoms. The maximum Gasteiger partial charge on any atom is 0.343 e. The summed E-state index contributed by atoms with van der Waals surface area (Å²) in [6, 6.07) is 6.68. The van der Waals surface area contributed by atoms with Crippen molar-refractivity contribution in [2.75, 3.05) is 20.3 Å². The lowest BCUT2D eigenvalue weighted by atomic mass is 10.2. The minimum absolute atomic E-state index is 0.173. The third-order valence-corrected chi connectivity index (χ3v) is 2.63. The molecule has 0 radical (unpaired) electrons. The Morgan fingerprint density at radius 2 is 1.92 bits per heavy atom. The zero-order valence-electron chi connectivity index (χ0n) is 13.3. The molecule has 128 valence electrons. The van der Waals surface area contributed by atoms with Crippen LogP contribution < -0.4 is 15.5 Å². The summed E-state index contributed by atoms with van der Waals surface area (Å²) < 4.78 is 9.65. The van der Waals surface area contributed by atoms with E-state index in [1.807, 2.05) is 0 Å². The molecule has 2 amide bonds.